The summed E-state index contributed by atoms with van der Waals surface area (Å²) in [4.78, 5) is 4.03. The van der Waals surface area contributed by atoms with Crippen LogP contribution in [0.25, 0.3) is 0 Å². The van der Waals surface area contributed by atoms with Gasteiger partial charge in [0.05, 0.1) is 13.2 Å². The van der Waals surface area contributed by atoms with Crippen molar-refractivity contribution >= 4 is 17.4 Å². The molecular formula is C19H30N2O5S. The molecule has 1 aromatic heterocycles. The summed E-state index contributed by atoms with van der Waals surface area (Å²) in [5.74, 6) is -1.15. The quantitative estimate of drug-likeness (QED) is 0.653. The standard InChI is InChI=1S/C19H30N2O5S/c1-5-18(6-2)22-11-14(25-18)16(24-17(27)21-10-9-20-13-21)15-12-23-19(7-3,8-4)26-15/h9-10,13-16H,5-8,11-12H2,1-4H3/t14-,15-/m0/s1. The van der Waals surface area contributed by atoms with Crippen LogP contribution in [0.5, 0.6) is 0 Å². The maximum Gasteiger partial charge on any atom is 0.269 e. The Balaban J connectivity index is 1.78. The zero-order valence-electron chi connectivity index (χ0n) is 16.6. The Kier molecular flexibility index (Phi) is 6.53. The highest BCUT2D eigenvalue weighted by atomic mass is 32.1. The van der Waals surface area contributed by atoms with E-state index >= 15 is 0 Å². The van der Waals surface area contributed by atoms with Crippen LogP contribution in [0, 0.1) is 0 Å². The lowest BCUT2D eigenvalue weighted by Crippen LogP contribution is -2.46. The maximum absolute atomic E-state index is 6.31. The number of imidazole rings is 1. The Hall–Kier alpha value is -1.06. The average Bonchev–Trinajstić information content (AvgIpc) is 3.46. The number of ether oxygens (including phenoxy) is 5. The molecule has 0 radical (unpaired) electrons. The first-order chi connectivity index (χ1) is 13.0. The van der Waals surface area contributed by atoms with Crippen LogP contribution < -0.4 is 0 Å². The first kappa shape index (κ1) is 20.7. The molecule has 0 N–H and O–H groups in total. The molecule has 0 saturated carbocycles. The number of nitrogens with zero attached hydrogens (tertiary/aromatic N) is 2. The molecule has 1 aromatic rings. The molecule has 2 fully saturated rings. The molecule has 0 aromatic carbocycles. The van der Waals surface area contributed by atoms with Crippen molar-refractivity contribution in [1.82, 2.24) is 9.55 Å². The molecular weight excluding hydrogens is 368 g/mol. The van der Waals surface area contributed by atoms with Crippen LogP contribution in [-0.2, 0) is 23.7 Å². The minimum Gasteiger partial charge on any atom is -0.461 e. The van der Waals surface area contributed by atoms with Crippen molar-refractivity contribution in [1.29, 1.82) is 0 Å². The van der Waals surface area contributed by atoms with Gasteiger partial charge in [0.15, 0.2) is 17.7 Å². The molecule has 3 heterocycles. The Morgan fingerprint density at radius 3 is 1.96 bits per heavy atom. The third-order valence-electron chi connectivity index (χ3n) is 5.59. The van der Waals surface area contributed by atoms with Crippen molar-refractivity contribution in [2.75, 3.05) is 13.2 Å². The van der Waals surface area contributed by atoms with E-state index in [0.29, 0.717) is 18.4 Å². The highest BCUT2D eigenvalue weighted by Crippen LogP contribution is 2.37. The summed E-state index contributed by atoms with van der Waals surface area (Å²) in [6.45, 7) is 9.12. The van der Waals surface area contributed by atoms with E-state index in [0.717, 1.165) is 25.7 Å². The van der Waals surface area contributed by atoms with Crippen LogP contribution >= 0.6 is 12.2 Å². The van der Waals surface area contributed by atoms with Gasteiger partial charge in [-0.25, -0.2) is 4.98 Å². The second-order valence-electron chi connectivity index (χ2n) is 6.99. The van der Waals surface area contributed by atoms with Crippen LogP contribution in [0.1, 0.15) is 53.4 Å². The monoisotopic (exact) mass is 398 g/mol. The second kappa shape index (κ2) is 8.53. The Morgan fingerprint density at radius 1 is 1.07 bits per heavy atom. The Morgan fingerprint density at radius 2 is 1.59 bits per heavy atom. The van der Waals surface area contributed by atoms with Gasteiger partial charge >= 0.3 is 0 Å². The van der Waals surface area contributed by atoms with Gasteiger partial charge < -0.3 is 23.7 Å². The summed E-state index contributed by atoms with van der Waals surface area (Å²) in [7, 11) is 0. The van der Waals surface area contributed by atoms with Crippen LogP contribution in [0.2, 0.25) is 0 Å². The number of rotatable bonds is 7. The van der Waals surface area contributed by atoms with Crippen molar-refractivity contribution in [3.63, 3.8) is 0 Å². The third-order valence-corrected chi connectivity index (χ3v) is 5.90. The third kappa shape index (κ3) is 4.19. The lowest BCUT2D eigenvalue weighted by Gasteiger charge is -2.31. The van der Waals surface area contributed by atoms with Crippen molar-refractivity contribution in [3.05, 3.63) is 18.7 Å². The summed E-state index contributed by atoms with van der Waals surface area (Å²) in [5, 5.41) is 0.306. The van der Waals surface area contributed by atoms with E-state index in [4.69, 9.17) is 35.9 Å². The summed E-state index contributed by atoms with van der Waals surface area (Å²) >= 11 is 5.46. The van der Waals surface area contributed by atoms with E-state index in [1.165, 1.54) is 0 Å². The van der Waals surface area contributed by atoms with Crippen LogP contribution in [-0.4, -0.2) is 57.8 Å². The fourth-order valence-electron chi connectivity index (χ4n) is 3.66. The van der Waals surface area contributed by atoms with Crippen molar-refractivity contribution in [2.24, 2.45) is 0 Å². The SMILES string of the molecule is CCC1(CC)OC[C@@H](C(OC(=S)n2ccnc2)[C@@H]2COC(CC)(CC)O2)O1. The molecule has 7 nitrogen and oxygen atoms in total. The van der Waals surface area contributed by atoms with Gasteiger partial charge in [-0.2, -0.15) is 0 Å². The smallest absolute Gasteiger partial charge is 0.269 e. The van der Waals surface area contributed by atoms with Gasteiger partial charge in [0.2, 0.25) is 0 Å². The van der Waals surface area contributed by atoms with Gasteiger partial charge in [-0.1, -0.05) is 27.7 Å². The topological polar surface area (TPSA) is 64.0 Å². The largest absolute Gasteiger partial charge is 0.461 e. The van der Waals surface area contributed by atoms with E-state index in [1.54, 1.807) is 23.3 Å². The average molecular weight is 399 g/mol. The molecule has 27 heavy (non-hydrogen) atoms. The van der Waals surface area contributed by atoms with Gasteiger partial charge in [-0.3, -0.25) is 4.57 Å². The first-order valence-corrected chi connectivity index (χ1v) is 10.2. The lowest BCUT2D eigenvalue weighted by atomic mass is 10.1. The maximum atomic E-state index is 6.31. The van der Waals surface area contributed by atoms with E-state index in [9.17, 15) is 0 Å². The summed E-state index contributed by atoms with van der Waals surface area (Å²) in [6.07, 6.45) is 7.11. The highest BCUT2D eigenvalue weighted by molar-refractivity contribution is 7.80. The number of aromatic nitrogens is 2. The van der Waals surface area contributed by atoms with Gasteiger partial charge in [0, 0.05) is 12.4 Å². The zero-order valence-corrected chi connectivity index (χ0v) is 17.4. The van der Waals surface area contributed by atoms with Crippen LogP contribution in [0.3, 0.4) is 0 Å². The van der Waals surface area contributed by atoms with Crippen LogP contribution in [0.4, 0.5) is 0 Å². The first-order valence-electron chi connectivity index (χ1n) is 9.82. The molecule has 2 aliphatic heterocycles. The predicted molar refractivity (Wildman–Crippen MR) is 103 cm³/mol. The van der Waals surface area contributed by atoms with E-state index < -0.39 is 17.7 Å². The molecule has 8 heteroatoms. The minimum atomic E-state index is -0.574. The Bertz CT molecular complexity index is 586. The molecule has 0 aliphatic carbocycles. The molecule has 0 bridgehead atoms. The molecule has 2 atom stereocenters. The van der Waals surface area contributed by atoms with Gasteiger partial charge in [0.25, 0.3) is 5.17 Å². The van der Waals surface area contributed by atoms with Crippen molar-refractivity contribution < 1.29 is 23.7 Å². The van der Waals surface area contributed by atoms with E-state index in [1.807, 2.05) is 0 Å². The second-order valence-corrected chi connectivity index (χ2v) is 7.34. The summed E-state index contributed by atoms with van der Waals surface area (Å²) < 4.78 is 32.5. The number of hydrogen-bond donors (Lipinski definition) is 0. The molecule has 152 valence electrons. The molecule has 3 rings (SSSR count). The van der Waals surface area contributed by atoms with Gasteiger partial charge in [0.1, 0.15) is 18.5 Å². The molecule has 0 spiro atoms. The highest BCUT2D eigenvalue weighted by Gasteiger charge is 2.50. The fourth-order valence-corrected chi connectivity index (χ4v) is 3.88. The Labute approximate surface area is 166 Å². The molecule has 0 amide bonds. The molecule has 0 unspecified atom stereocenters. The predicted octanol–water partition coefficient (Wildman–Crippen LogP) is 3.26. The zero-order chi connectivity index (χ0) is 19.5. The normalized spacial score (nSPS) is 26.6. The summed E-state index contributed by atoms with van der Waals surface area (Å²) in [5.41, 5.74) is 0. The molecule has 2 aliphatic rings. The fraction of sp³-hybridized carbons (Fsp3) is 0.789. The lowest BCUT2D eigenvalue weighted by molar-refractivity contribution is -0.202. The van der Waals surface area contributed by atoms with Crippen molar-refractivity contribution in [3.8, 4) is 0 Å². The van der Waals surface area contributed by atoms with E-state index in [2.05, 4.69) is 32.7 Å². The van der Waals surface area contributed by atoms with Gasteiger partial charge in [-0.15, -0.1) is 0 Å². The van der Waals surface area contributed by atoms with Gasteiger partial charge in [-0.05, 0) is 37.9 Å². The number of thiocarbonyl (C=S) groups is 1. The minimum absolute atomic E-state index is 0.288. The summed E-state index contributed by atoms with van der Waals surface area (Å²) in [6, 6.07) is 0. The van der Waals surface area contributed by atoms with Crippen molar-refractivity contribution in [2.45, 2.75) is 83.3 Å². The number of hydrogen-bond acceptors (Lipinski definition) is 7. The van der Waals surface area contributed by atoms with Crippen LogP contribution in [0.15, 0.2) is 18.7 Å². The van der Waals surface area contributed by atoms with E-state index in [-0.39, 0.29) is 12.2 Å². The molecule has 2 saturated heterocycles.